The van der Waals surface area contributed by atoms with Gasteiger partial charge in [-0.05, 0) is 0 Å². The Labute approximate surface area is 50.2 Å². The van der Waals surface area contributed by atoms with E-state index in [1.54, 1.807) is 5.38 Å². The predicted molar refractivity (Wildman–Crippen MR) is 31.0 cm³/mol. The number of hydrogen-bond acceptors (Lipinski definition) is 2. The highest BCUT2D eigenvalue weighted by Gasteiger charge is 1.89. The zero-order valence-electron chi connectivity index (χ0n) is 3.39. The molecule has 0 fully saturated rings. The zero-order chi connectivity index (χ0) is 5.28. The van der Waals surface area contributed by atoms with E-state index >= 15 is 0 Å². The summed E-state index contributed by atoms with van der Waals surface area (Å²) in [5, 5.41) is 11.1. The van der Waals surface area contributed by atoms with Gasteiger partial charge >= 0.3 is 0 Å². The third kappa shape index (κ3) is 1.08. The maximum absolute atomic E-state index is 8.59. The Morgan fingerprint density at radius 2 is 2.43 bits per heavy atom. The summed E-state index contributed by atoms with van der Waals surface area (Å²) in [4.78, 5) is 0. The van der Waals surface area contributed by atoms with Gasteiger partial charge in [-0.3, -0.25) is 0 Å². The molecule has 0 bridgehead atoms. The first-order valence-electron chi connectivity index (χ1n) is 1.72. The minimum Gasteiger partial charge on any atom is -0.499 e. The minimum atomic E-state index is 0.269. The molecule has 1 aromatic rings. The summed E-state index contributed by atoms with van der Waals surface area (Å²) in [7, 11) is 0. The van der Waals surface area contributed by atoms with Crippen LogP contribution in [-0.2, 0) is 0 Å². The van der Waals surface area contributed by atoms with Gasteiger partial charge in [-0.1, -0.05) is 11.6 Å². The average molecular weight is 135 g/mol. The molecular weight excluding hydrogens is 132 g/mol. The van der Waals surface area contributed by atoms with Crippen molar-refractivity contribution in [1.29, 1.82) is 0 Å². The SMILES string of the molecule is Oc1cc(Cl)cs1. The zero-order valence-corrected chi connectivity index (χ0v) is 4.96. The van der Waals surface area contributed by atoms with Crippen molar-refractivity contribution < 1.29 is 5.11 Å². The van der Waals surface area contributed by atoms with E-state index in [1.165, 1.54) is 17.4 Å². The molecule has 1 aromatic heterocycles. The van der Waals surface area contributed by atoms with Crippen LogP contribution in [0.3, 0.4) is 0 Å². The van der Waals surface area contributed by atoms with E-state index in [0.29, 0.717) is 5.02 Å². The van der Waals surface area contributed by atoms with E-state index in [0.717, 1.165) is 0 Å². The molecule has 3 heteroatoms. The fraction of sp³-hybridized carbons (Fsp3) is 0. The summed E-state index contributed by atoms with van der Waals surface area (Å²) in [6.45, 7) is 0. The molecule has 1 N–H and O–H groups in total. The fourth-order valence-corrected chi connectivity index (χ4v) is 1.10. The van der Waals surface area contributed by atoms with E-state index in [-0.39, 0.29) is 5.06 Å². The van der Waals surface area contributed by atoms with Crippen molar-refractivity contribution in [2.45, 2.75) is 0 Å². The number of thiophene rings is 1. The Kier molecular flexibility index (Phi) is 1.21. The molecule has 1 nitrogen and oxygen atoms in total. The summed E-state index contributed by atoms with van der Waals surface area (Å²) >= 11 is 6.64. The van der Waals surface area contributed by atoms with Crippen LogP contribution in [0, 0.1) is 0 Å². The van der Waals surface area contributed by atoms with Gasteiger partial charge in [0.15, 0.2) is 5.06 Å². The molecule has 38 valence electrons. The summed E-state index contributed by atoms with van der Waals surface area (Å²) in [6.07, 6.45) is 0. The Morgan fingerprint density at radius 3 is 2.57 bits per heavy atom. The fourth-order valence-electron chi connectivity index (χ4n) is 0.303. The Morgan fingerprint density at radius 1 is 1.71 bits per heavy atom. The van der Waals surface area contributed by atoms with Crippen LogP contribution in [0.2, 0.25) is 5.02 Å². The second-order valence-corrected chi connectivity index (χ2v) is 2.43. The molecular formula is C4H3ClOS. The smallest absolute Gasteiger partial charge is 0.172 e. The Balaban J connectivity index is 3.04. The third-order valence-electron chi connectivity index (χ3n) is 0.554. The van der Waals surface area contributed by atoms with E-state index in [4.69, 9.17) is 16.7 Å². The molecule has 1 rings (SSSR count). The summed E-state index contributed by atoms with van der Waals surface area (Å²) < 4.78 is 0. The molecule has 0 saturated heterocycles. The quantitative estimate of drug-likeness (QED) is 0.576. The molecule has 0 aliphatic rings. The van der Waals surface area contributed by atoms with Crippen molar-refractivity contribution in [2.24, 2.45) is 0 Å². The van der Waals surface area contributed by atoms with Gasteiger partial charge in [-0.15, -0.1) is 11.3 Å². The van der Waals surface area contributed by atoms with Crippen LogP contribution in [0.15, 0.2) is 11.4 Å². The van der Waals surface area contributed by atoms with Crippen LogP contribution in [0.25, 0.3) is 0 Å². The highest BCUT2D eigenvalue weighted by molar-refractivity contribution is 7.12. The van der Waals surface area contributed by atoms with Gasteiger partial charge in [-0.25, -0.2) is 0 Å². The van der Waals surface area contributed by atoms with Gasteiger partial charge in [0.25, 0.3) is 0 Å². The lowest BCUT2D eigenvalue weighted by molar-refractivity contribution is 0.491. The molecule has 0 radical (unpaired) electrons. The van der Waals surface area contributed by atoms with Gasteiger partial charge < -0.3 is 5.11 Å². The van der Waals surface area contributed by atoms with Crippen molar-refractivity contribution in [3.8, 4) is 5.06 Å². The van der Waals surface area contributed by atoms with Crippen molar-refractivity contribution in [3.05, 3.63) is 16.5 Å². The lowest BCUT2D eigenvalue weighted by Crippen LogP contribution is -1.40. The molecule has 0 aliphatic heterocycles. The summed E-state index contributed by atoms with van der Waals surface area (Å²) in [5.74, 6) is 0. The lowest BCUT2D eigenvalue weighted by atomic mass is 10.6. The average Bonchev–Trinajstić information content (AvgIpc) is 1.87. The van der Waals surface area contributed by atoms with Gasteiger partial charge in [0.05, 0.1) is 5.02 Å². The molecule has 0 atom stereocenters. The monoisotopic (exact) mass is 134 g/mol. The Hall–Kier alpha value is -0.210. The molecule has 1 heterocycles. The van der Waals surface area contributed by atoms with Crippen LogP contribution >= 0.6 is 22.9 Å². The maximum atomic E-state index is 8.59. The Bertz CT molecular complexity index is 144. The highest BCUT2D eigenvalue weighted by Crippen LogP contribution is 2.23. The molecule has 0 aromatic carbocycles. The first-order chi connectivity index (χ1) is 3.29. The van der Waals surface area contributed by atoms with E-state index in [1.807, 2.05) is 0 Å². The largest absolute Gasteiger partial charge is 0.499 e. The number of rotatable bonds is 0. The van der Waals surface area contributed by atoms with Crippen molar-refractivity contribution in [1.82, 2.24) is 0 Å². The molecule has 7 heavy (non-hydrogen) atoms. The molecule has 0 saturated carbocycles. The molecule has 0 amide bonds. The topological polar surface area (TPSA) is 20.2 Å². The second kappa shape index (κ2) is 1.72. The number of aromatic hydroxyl groups is 1. The molecule has 0 aliphatic carbocycles. The standard InChI is InChI=1S/C4H3ClOS/c5-3-1-4(6)7-2-3/h1-2,6H. The van der Waals surface area contributed by atoms with Crippen molar-refractivity contribution in [2.75, 3.05) is 0 Å². The maximum Gasteiger partial charge on any atom is 0.172 e. The first-order valence-corrected chi connectivity index (χ1v) is 2.98. The highest BCUT2D eigenvalue weighted by atomic mass is 35.5. The summed E-state index contributed by atoms with van der Waals surface area (Å²) in [6, 6.07) is 1.51. The van der Waals surface area contributed by atoms with Crippen LogP contribution in [-0.4, -0.2) is 5.11 Å². The van der Waals surface area contributed by atoms with Crippen LogP contribution in [0.4, 0.5) is 0 Å². The van der Waals surface area contributed by atoms with Crippen molar-refractivity contribution >= 4 is 22.9 Å². The molecule has 0 spiro atoms. The van der Waals surface area contributed by atoms with Crippen molar-refractivity contribution in [3.63, 3.8) is 0 Å². The number of hydrogen-bond donors (Lipinski definition) is 1. The normalized spacial score (nSPS) is 9.29. The molecule has 0 unspecified atom stereocenters. The van der Waals surface area contributed by atoms with Crippen LogP contribution in [0.1, 0.15) is 0 Å². The van der Waals surface area contributed by atoms with Crippen LogP contribution < -0.4 is 0 Å². The van der Waals surface area contributed by atoms with E-state index in [9.17, 15) is 0 Å². The van der Waals surface area contributed by atoms with Gasteiger partial charge in [0.2, 0.25) is 0 Å². The van der Waals surface area contributed by atoms with Gasteiger partial charge in [-0.2, -0.15) is 0 Å². The third-order valence-corrected chi connectivity index (χ3v) is 1.63. The number of halogens is 1. The van der Waals surface area contributed by atoms with Gasteiger partial charge in [0.1, 0.15) is 0 Å². The summed E-state index contributed by atoms with van der Waals surface area (Å²) in [5.41, 5.74) is 0. The second-order valence-electron chi connectivity index (χ2n) is 1.10. The lowest BCUT2D eigenvalue weighted by Gasteiger charge is -1.69. The minimum absolute atomic E-state index is 0.269. The predicted octanol–water partition coefficient (Wildman–Crippen LogP) is 2.11. The van der Waals surface area contributed by atoms with Crippen LogP contribution in [0.5, 0.6) is 5.06 Å². The van der Waals surface area contributed by atoms with E-state index in [2.05, 4.69) is 0 Å². The van der Waals surface area contributed by atoms with Gasteiger partial charge in [0, 0.05) is 11.4 Å². The first kappa shape index (κ1) is 4.94. The van der Waals surface area contributed by atoms with E-state index < -0.39 is 0 Å².